The van der Waals surface area contributed by atoms with Crippen LogP contribution in [0.1, 0.15) is 25.7 Å². The van der Waals surface area contributed by atoms with Crippen molar-refractivity contribution in [1.29, 1.82) is 0 Å². The number of nitrogens with zero attached hydrogens (tertiary/aromatic N) is 6. The van der Waals surface area contributed by atoms with Crippen LogP contribution < -0.4 is 9.80 Å². The molecule has 2 saturated heterocycles. The highest BCUT2D eigenvalue weighted by Gasteiger charge is 2.22. The lowest BCUT2D eigenvalue weighted by Gasteiger charge is -2.15. The van der Waals surface area contributed by atoms with E-state index in [1.165, 1.54) is 25.7 Å². The first-order valence-electron chi connectivity index (χ1n) is 6.91. The summed E-state index contributed by atoms with van der Waals surface area (Å²) in [5, 5.41) is 13.3. The summed E-state index contributed by atoms with van der Waals surface area (Å²) in [6.45, 7) is 4.37. The zero-order chi connectivity index (χ0) is 12.7. The van der Waals surface area contributed by atoms with E-state index in [1.54, 1.807) is 11.3 Å². The molecule has 0 bridgehead atoms. The van der Waals surface area contributed by atoms with Crippen LogP contribution in [0.3, 0.4) is 0 Å². The normalized spacial score (nSPS) is 19.8. The van der Waals surface area contributed by atoms with Gasteiger partial charge in [0.1, 0.15) is 4.70 Å². The van der Waals surface area contributed by atoms with Crippen molar-refractivity contribution < 1.29 is 0 Å². The fraction of sp³-hybridized carbons (Fsp3) is 0.667. The average molecular weight is 276 g/mol. The lowest BCUT2D eigenvalue weighted by molar-refractivity contribution is 0.841. The van der Waals surface area contributed by atoms with Gasteiger partial charge in [0, 0.05) is 26.2 Å². The Labute approximate surface area is 115 Å². The molecule has 7 heteroatoms. The van der Waals surface area contributed by atoms with Gasteiger partial charge in [-0.3, -0.25) is 0 Å². The fourth-order valence-electron chi connectivity index (χ4n) is 2.85. The van der Waals surface area contributed by atoms with E-state index in [-0.39, 0.29) is 0 Å². The van der Waals surface area contributed by atoms with Crippen LogP contribution in [0.25, 0.3) is 10.3 Å². The Morgan fingerprint density at radius 3 is 2.26 bits per heavy atom. The van der Waals surface area contributed by atoms with Crippen molar-refractivity contribution in [3.8, 4) is 0 Å². The van der Waals surface area contributed by atoms with Crippen LogP contribution in [-0.4, -0.2) is 46.6 Å². The topological polar surface area (TPSA) is 58.0 Å². The van der Waals surface area contributed by atoms with Gasteiger partial charge in [-0.05, 0) is 30.9 Å². The van der Waals surface area contributed by atoms with Gasteiger partial charge in [0.05, 0.1) is 0 Å². The smallest absolute Gasteiger partial charge is 0.200 e. The number of fused-ring (bicyclic) bond motifs is 1. The van der Waals surface area contributed by atoms with Gasteiger partial charge in [0.25, 0.3) is 0 Å². The molecule has 4 heterocycles. The van der Waals surface area contributed by atoms with Crippen molar-refractivity contribution in [2.75, 3.05) is 36.0 Å². The Hall–Kier alpha value is -1.50. The Morgan fingerprint density at radius 2 is 1.53 bits per heavy atom. The third-order valence-electron chi connectivity index (χ3n) is 3.86. The highest BCUT2D eigenvalue weighted by atomic mass is 32.1. The molecule has 100 valence electrons. The zero-order valence-corrected chi connectivity index (χ0v) is 11.6. The van der Waals surface area contributed by atoms with Gasteiger partial charge in [-0.1, -0.05) is 11.3 Å². The molecule has 6 nitrogen and oxygen atoms in total. The van der Waals surface area contributed by atoms with Crippen molar-refractivity contribution in [1.82, 2.24) is 20.4 Å². The maximum absolute atomic E-state index is 4.63. The molecule has 2 aliphatic heterocycles. The second-order valence-corrected chi connectivity index (χ2v) is 6.13. The van der Waals surface area contributed by atoms with Gasteiger partial charge in [-0.2, -0.15) is 4.98 Å². The van der Waals surface area contributed by atoms with Crippen LogP contribution in [-0.2, 0) is 0 Å². The van der Waals surface area contributed by atoms with Gasteiger partial charge in [0.2, 0.25) is 0 Å². The predicted molar refractivity (Wildman–Crippen MR) is 75.9 cm³/mol. The number of aromatic nitrogens is 4. The first-order valence-corrected chi connectivity index (χ1v) is 7.73. The second-order valence-electron chi connectivity index (χ2n) is 5.15. The molecule has 0 spiro atoms. The van der Waals surface area contributed by atoms with E-state index >= 15 is 0 Å². The summed E-state index contributed by atoms with van der Waals surface area (Å²) in [6, 6.07) is 0. The molecular weight excluding hydrogens is 260 g/mol. The highest BCUT2D eigenvalue weighted by molar-refractivity contribution is 7.22. The van der Waals surface area contributed by atoms with E-state index in [0.29, 0.717) is 0 Å². The number of rotatable bonds is 2. The number of thiazole rings is 1. The van der Waals surface area contributed by atoms with Crippen LogP contribution in [0.5, 0.6) is 0 Å². The molecule has 4 rings (SSSR count). The SMILES string of the molecule is C1CCN(c2nc3nnnc(N4CCCC4)c3s2)C1. The molecule has 2 aliphatic rings. The van der Waals surface area contributed by atoms with E-state index in [9.17, 15) is 0 Å². The third kappa shape index (κ3) is 1.92. The summed E-state index contributed by atoms with van der Waals surface area (Å²) >= 11 is 1.72. The number of hydrogen-bond donors (Lipinski definition) is 0. The molecule has 2 aromatic heterocycles. The molecule has 0 saturated carbocycles. The maximum atomic E-state index is 4.63. The Bertz CT molecular complexity index is 585. The van der Waals surface area contributed by atoms with Gasteiger partial charge >= 0.3 is 0 Å². The lowest BCUT2D eigenvalue weighted by atomic mass is 10.4. The molecule has 19 heavy (non-hydrogen) atoms. The van der Waals surface area contributed by atoms with Crippen molar-refractivity contribution >= 4 is 32.6 Å². The molecule has 0 aromatic carbocycles. The van der Waals surface area contributed by atoms with Crippen LogP contribution >= 0.6 is 11.3 Å². The second kappa shape index (κ2) is 4.56. The minimum Gasteiger partial charge on any atom is -0.354 e. The Balaban J connectivity index is 1.77. The monoisotopic (exact) mass is 276 g/mol. The van der Waals surface area contributed by atoms with Crippen LogP contribution in [0.4, 0.5) is 10.9 Å². The molecule has 0 aliphatic carbocycles. The minimum atomic E-state index is 0.754. The molecule has 0 atom stereocenters. The summed E-state index contributed by atoms with van der Waals surface area (Å²) in [5.41, 5.74) is 0.754. The molecule has 0 unspecified atom stereocenters. The van der Waals surface area contributed by atoms with Gasteiger partial charge in [0.15, 0.2) is 16.6 Å². The van der Waals surface area contributed by atoms with E-state index in [1.807, 2.05) is 0 Å². The van der Waals surface area contributed by atoms with E-state index < -0.39 is 0 Å². The average Bonchev–Trinajstić information content (AvgIpc) is 3.18. The van der Waals surface area contributed by atoms with Crippen LogP contribution in [0.15, 0.2) is 0 Å². The molecule has 0 N–H and O–H groups in total. The number of hydrogen-bond acceptors (Lipinski definition) is 7. The quantitative estimate of drug-likeness (QED) is 0.832. The maximum Gasteiger partial charge on any atom is 0.200 e. The van der Waals surface area contributed by atoms with Crippen LogP contribution in [0.2, 0.25) is 0 Å². The lowest BCUT2D eigenvalue weighted by Crippen LogP contribution is -2.19. The van der Waals surface area contributed by atoms with Gasteiger partial charge in [-0.15, -0.1) is 10.2 Å². The zero-order valence-electron chi connectivity index (χ0n) is 10.7. The first kappa shape index (κ1) is 11.3. The number of anilines is 2. The summed E-state index contributed by atoms with van der Waals surface area (Å²) in [4.78, 5) is 9.29. The Morgan fingerprint density at radius 1 is 0.842 bits per heavy atom. The summed E-state index contributed by atoms with van der Waals surface area (Å²) in [5.74, 6) is 0.977. The molecule has 0 radical (unpaired) electrons. The van der Waals surface area contributed by atoms with Crippen molar-refractivity contribution in [2.24, 2.45) is 0 Å². The predicted octanol–water partition coefficient (Wildman–Crippen LogP) is 1.68. The summed E-state index contributed by atoms with van der Waals surface area (Å²) in [7, 11) is 0. The van der Waals surface area contributed by atoms with E-state index in [0.717, 1.165) is 47.5 Å². The third-order valence-corrected chi connectivity index (χ3v) is 4.96. The van der Waals surface area contributed by atoms with Crippen LogP contribution in [0, 0.1) is 0 Å². The molecular formula is C12H16N6S. The van der Waals surface area contributed by atoms with Crippen molar-refractivity contribution in [3.05, 3.63) is 0 Å². The van der Waals surface area contributed by atoms with Crippen molar-refractivity contribution in [2.45, 2.75) is 25.7 Å². The largest absolute Gasteiger partial charge is 0.354 e. The standard InChI is InChI=1S/C12H16N6S/c1-2-6-17(5-1)11-9-10(14-16-15-11)13-12(19-9)18-7-3-4-8-18/h1-8H2. The molecule has 2 aromatic rings. The van der Waals surface area contributed by atoms with Gasteiger partial charge < -0.3 is 9.80 Å². The van der Waals surface area contributed by atoms with Crippen molar-refractivity contribution in [3.63, 3.8) is 0 Å². The van der Waals surface area contributed by atoms with E-state index in [4.69, 9.17) is 0 Å². The Kier molecular flexibility index (Phi) is 2.72. The summed E-state index contributed by atoms with van der Waals surface area (Å²) < 4.78 is 1.10. The highest BCUT2D eigenvalue weighted by Crippen LogP contribution is 2.35. The fourth-order valence-corrected chi connectivity index (χ4v) is 3.91. The van der Waals surface area contributed by atoms with E-state index in [2.05, 4.69) is 30.2 Å². The molecule has 0 amide bonds. The summed E-state index contributed by atoms with van der Waals surface area (Å²) in [6.07, 6.45) is 5.00. The minimum absolute atomic E-state index is 0.754. The van der Waals surface area contributed by atoms with Gasteiger partial charge in [-0.25, -0.2) is 0 Å². The first-order chi connectivity index (χ1) is 9.42. The molecule has 2 fully saturated rings.